The minimum atomic E-state index is -0.417. The molecular weight excluding hydrogens is 321 g/mol. The molecule has 1 aromatic heterocycles. The van der Waals surface area contributed by atoms with E-state index in [0.29, 0.717) is 10.7 Å². The maximum atomic E-state index is 11.5. The molecule has 3 rings (SSSR count). The summed E-state index contributed by atoms with van der Waals surface area (Å²) in [4.78, 5) is 11.5. The van der Waals surface area contributed by atoms with Crippen molar-refractivity contribution in [3.8, 4) is 0 Å². The average molecular weight is 334 g/mol. The van der Waals surface area contributed by atoms with E-state index in [4.69, 9.17) is 23.2 Å². The third kappa shape index (κ3) is 2.67. The van der Waals surface area contributed by atoms with Crippen molar-refractivity contribution < 1.29 is 0 Å². The highest BCUT2D eigenvalue weighted by Gasteiger charge is 2.13. The molecule has 0 aliphatic heterocycles. The van der Waals surface area contributed by atoms with Gasteiger partial charge in [0.1, 0.15) is 5.02 Å². The maximum Gasteiger partial charge on any atom is 0.285 e. The largest absolute Gasteiger partial charge is 0.376 e. The van der Waals surface area contributed by atoms with Crippen LogP contribution in [-0.2, 0) is 0 Å². The van der Waals surface area contributed by atoms with Crippen molar-refractivity contribution in [3.63, 3.8) is 0 Å². The minimum Gasteiger partial charge on any atom is -0.376 e. The molecule has 1 heterocycles. The van der Waals surface area contributed by atoms with E-state index in [2.05, 4.69) is 15.5 Å². The SMILES string of the molecule is CC(Nc1cn[nH]c(=O)c1Cl)c1ccc(Cl)c2ccccc12. The predicted molar refractivity (Wildman–Crippen MR) is 90.9 cm³/mol. The van der Waals surface area contributed by atoms with Crippen molar-refractivity contribution >= 4 is 39.7 Å². The van der Waals surface area contributed by atoms with Gasteiger partial charge in [-0.3, -0.25) is 4.79 Å². The van der Waals surface area contributed by atoms with Gasteiger partial charge in [0, 0.05) is 16.5 Å². The molecular formula is C16H13Cl2N3O. The maximum absolute atomic E-state index is 11.5. The second kappa shape index (κ2) is 5.99. The fourth-order valence-corrected chi connectivity index (χ4v) is 2.83. The highest BCUT2D eigenvalue weighted by molar-refractivity contribution is 6.35. The molecule has 6 heteroatoms. The molecule has 0 amide bonds. The Bertz CT molecular complexity index is 892. The van der Waals surface area contributed by atoms with E-state index in [0.717, 1.165) is 16.3 Å². The summed E-state index contributed by atoms with van der Waals surface area (Å²) in [5.74, 6) is 0. The molecule has 0 aliphatic rings. The van der Waals surface area contributed by atoms with Gasteiger partial charge in [-0.2, -0.15) is 5.10 Å². The van der Waals surface area contributed by atoms with Crippen LogP contribution in [0.1, 0.15) is 18.5 Å². The highest BCUT2D eigenvalue weighted by Crippen LogP contribution is 2.31. The van der Waals surface area contributed by atoms with E-state index in [-0.39, 0.29) is 11.1 Å². The molecule has 0 radical (unpaired) electrons. The normalized spacial score (nSPS) is 12.3. The number of hydrogen-bond donors (Lipinski definition) is 2. The molecule has 1 atom stereocenters. The van der Waals surface area contributed by atoms with Crippen LogP contribution in [0.5, 0.6) is 0 Å². The number of rotatable bonds is 3. The topological polar surface area (TPSA) is 57.8 Å². The predicted octanol–water partition coefficient (Wildman–Crippen LogP) is 4.40. The van der Waals surface area contributed by atoms with Crippen LogP contribution in [0, 0.1) is 0 Å². The quantitative estimate of drug-likeness (QED) is 0.746. The van der Waals surface area contributed by atoms with Gasteiger partial charge in [0.15, 0.2) is 0 Å². The molecule has 0 bridgehead atoms. The van der Waals surface area contributed by atoms with Crippen LogP contribution < -0.4 is 10.9 Å². The average Bonchev–Trinajstić information content (AvgIpc) is 2.52. The molecule has 0 fully saturated rings. The van der Waals surface area contributed by atoms with Gasteiger partial charge in [-0.15, -0.1) is 0 Å². The van der Waals surface area contributed by atoms with E-state index >= 15 is 0 Å². The van der Waals surface area contributed by atoms with E-state index in [9.17, 15) is 4.79 Å². The Labute approximate surface area is 137 Å². The van der Waals surface area contributed by atoms with Crippen molar-refractivity contribution in [1.82, 2.24) is 10.2 Å². The smallest absolute Gasteiger partial charge is 0.285 e. The van der Waals surface area contributed by atoms with E-state index < -0.39 is 5.56 Å². The second-order valence-electron chi connectivity index (χ2n) is 4.98. The molecule has 0 saturated heterocycles. The van der Waals surface area contributed by atoms with E-state index in [1.54, 1.807) is 0 Å². The Morgan fingerprint density at radius 1 is 1.14 bits per heavy atom. The molecule has 22 heavy (non-hydrogen) atoms. The standard InChI is InChI=1S/C16H13Cl2N3O/c1-9(20-14-8-19-21-16(22)15(14)18)10-6-7-13(17)12-5-3-2-4-11(10)12/h2-9H,1H3,(H2,20,21,22). The summed E-state index contributed by atoms with van der Waals surface area (Å²) in [6.07, 6.45) is 1.50. The van der Waals surface area contributed by atoms with Gasteiger partial charge in [0.2, 0.25) is 0 Å². The number of halogens is 2. The summed E-state index contributed by atoms with van der Waals surface area (Å²) in [7, 11) is 0. The van der Waals surface area contributed by atoms with Crippen molar-refractivity contribution in [2.75, 3.05) is 5.32 Å². The van der Waals surface area contributed by atoms with Crippen molar-refractivity contribution in [2.24, 2.45) is 0 Å². The molecule has 0 saturated carbocycles. The summed E-state index contributed by atoms with van der Waals surface area (Å²) < 4.78 is 0. The minimum absolute atomic E-state index is 0.0664. The number of nitrogens with one attached hydrogen (secondary N) is 2. The summed E-state index contributed by atoms with van der Waals surface area (Å²) in [5, 5.41) is 12.1. The van der Waals surface area contributed by atoms with Crippen molar-refractivity contribution in [3.05, 3.63) is 68.6 Å². The van der Waals surface area contributed by atoms with E-state index in [1.807, 2.05) is 43.3 Å². The van der Waals surface area contributed by atoms with Crippen LogP contribution in [0.4, 0.5) is 5.69 Å². The van der Waals surface area contributed by atoms with Gasteiger partial charge in [0.25, 0.3) is 5.56 Å². The summed E-state index contributed by atoms with van der Waals surface area (Å²) in [5.41, 5.74) is 1.15. The lowest BCUT2D eigenvalue weighted by Crippen LogP contribution is -2.14. The fourth-order valence-electron chi connectivity index (χ4n) is 2.46. The summed E-state index contributed by atoms with van der Waals surface area (Å²) in [6, 6.07) is 11.7. The molecule has 4 nitrogen and oxygen atoms in total. The lowest BCUT2D eigenvalue weighted by molar-refractivity contribution is 0.883. The van der Waals surface area contributed by atoms with Gasteiger partial charge in [-0.25, -0.2) is 5.10 Å². The lowest BCUT2D eigenvalue weighted by Gasteiger charge is -2.18. The molecule has 2 aromatic carbocycles. The van der Waals surface area contributed by atoms with Gasteiger partial charge in [0.05, 0.1) is 11.9 Å². The van der Waals surface area contributed by atoms with Crippen LogP contribution in [0.25, 0.3) is 10.8 Å². The Morgan fingerprint density at radius 2 is 1.86 bits per heavy atom. The molecule has 0 spiro atoms. The lowest BCUT2D eigenvalue weighted by atomic mass is 9.99. The monoisotopic (exact) mass is 333 g/mol. The third-order valence-corrected chi connectivity index (χ3v) is 4.24. The number of aromatic nitrogens is 2. The van der Waals surface area contributed by atoms with Gasteiger partial charge < -0.3 is 5.32 Å². The first kappa shape index (κ1) is 14.9. The third-order valence-electron chi connectivity index (χ3n) is 3.54. The summed E-state index contributed by atoms with van der Waals surface area (Å²) >= 11 is 12.2. The Morgan fingerprint density at radius 3 is 2.64 bits per heavy atom. The number of hydrogen-bond acceptors (Lipinski definition) is 3. The first-order valence-electron chi connectivity index (χ1n) is 6.75. The van der Waals surface area contributed by atoms with Crippen LogP contribution in [0.15, 0.2) is 47.4 Å². The zero-order chi connectivity index (χ0) is 15.7. The van der Waals surface area contributed by atoms with Gasteiger partial charge >= 0.3 is 0 Å². The van der Waals surface area contributed by atoms with Crippen LogP contribution >= 0.6 is 23.2 Å². The van der Waals surface area contributed by atoms with Crippen molar-refractivity contribution in [1.29, 1.82) is 0 Å². The number of H-pyrrole nitrogens is 1. The Kier molecular flexibility index (Phi) is 4.05. The number of nitrogens with zero attached hydrogens (tertiary/aromatic N) is 1. The highest BCUT2D eigenvalue weighted by atomic mass is 35.5. The fraction of sp³-hybridized carbons (Fsp3) is 0.125. The van der Waals surface area contributed by atoms with Gasteiger partial charge in [-0.1, -0.05) is 53.5 Å². The number of fused-ring (bicyclic) bond motifs is 1. The first-order chi connectivity index (χ1) is 10.6. The van der Waals surface area contributed by atoms with Crippen LogP contribution in [-0.4, -0.2) is 10.2 Å². The molecule has 3 aromatic rings. The number of aromatic amines is 1. The zero-order valence-electron chi connectivity index (χ0n) is 11.7. The number of anilines is 1. The Hall–Kier alpha value is -2.04. The second-order valence-corrected chi connectivity index (χ2v) is 5.76. The van der Waals surface area contributed by atoms with Crippen LogP contribution in [0.3, 0.4) is 0 Å². The molecule has 1 unspecified atom stereocenters. The zero-order valence-corrected chi connectivity index (χ0v) is 13.2. The molecule has 112 valence electrons. The number of benzene rings is 2. The van der Waals surface area contributed by atoms with Crippen molar-refractivity contribution in [2.45, 2.75) is 13.0 Å². The van der Waals surface area contributed by atoms with E-state index in [1.165, 1.54) is 6.20 Å². The van der Waals surface area contributed by atoms with Gasteiger partial charge in [-0.05, 0) is 23.9 Å². The molecule has 2 N–H and O–H groups in total. The first-order valence-corrected chi connectivity index (χ1v) is 7.50. The Balaban J connectivity index is 2.03. The van der Waals surface area contributed by atoms with Crippen LogP contribution in [0.2, 0.25) is 10.0 Å². The molecule has 0 aliphatic carbocycles. The summed E-state index contributed by atoms with van der Waals surface area (Å²) in [6.45, 7) is 1.99.